The SMILES string of the molecule is COc1cc(OC)c(OC)cc1CC(C)(C)CN. The summed E-state index contributed by atoms with van der Waals surface area (Å²) in [6.45, 7) is 4.87. The summed E-state index contributed by atoms with van der Waals surface area (Å²) >= 11 is 0. The first-order valence-electron chi connectivity index (χ1n) is 5.96. The average molecular weight is 253 g/mol. The Morgan fingerprint density at radius 3 is 1.89 bits per heavy atom. The molecule has 0 unspecified atom stereocenters. The number of ether oxygens (including phenoxy) is 3. The zero-order valence-corrected chi connectivity index (χ0v) is 11.9. The first-order chi connectivity index (χ1) is 8.47. The molecular weight excluding hydrogens is 230 g/mol. The smallest absolute Gasteiger partial charge is 0.164 e. The second kappa shape index (κ2) is 5.96. The summed E-state index contributed by atoms with van der Waals surface area (Å²) in [4.78, 5) is 0. The quantitative estimate of drug-likeness (QED) is 0.844. The molecule has 102 valence electrons. The first kappa shape index (κ1) is 14.6. The van der Waals surface area contributed by atoms with Gasteiger partial charge in [0, 0.05) is 6.07 Å². The zero-order valence-electron chi connectivity index (χ0n) is 11.9. The van der Waals surface area contributed by atoms with Crippen molar-refractivity contribution in [1.29, 1.82) is 0 Å². The van der Waals surface area contributed by atoms with Crippen LogP contribution in [0, 0.1) is 5.41 Å². The molecular formula is C14H23NO3. The molecule has 18 heavy (non-hydrogen) atoms. The van der Waals surface area contributed by atoms with Gasteiger partial charge >= 0.3 is 0 Å². The minimum atomic E-state index is 0.0207. The highest BCUT2D eigenvalue weighted by molar-refractivity contribution is 5.51. The van der Waals surface area contributed by atoms with Gasteiger partial charge in [0.25, 0.3) is 0 Å². The van der Waals surface area contributed by atoms with Crippen LogP contribution >= 0.6 is 0 Å². The van der Waals surface area contributed by atoms with E-state index in [2.05, 4.69) is 13.8 Å². The second-order valence-corrected chi connectivity index (χ2v) is 5.06. The minimum Gasteiger partial charge on any atom is -0.496 e. The van der Waals surface area contributed by atoms with Gasteiger partial charge in [-0.3, -0.25) is 0 Å². The van der Waals surface area contributed by atoms with E-state index in [0.29, 0.717) is 18.0 Å². The molecule has 0 saturated carbocycles. The number of nitrogens with two attached hydrogens (primary N) is 1. The number of hydrogen-bond acceptors (Lipinski definition) is 4. The largest absolute Gasteiger partial charge is 0.496 e. The molecule has 1 aromatic carbocycles. The van der Waals surface area contributed by atoms with E-state index in [1.165, 1.54) is 0 Å². The Morgan fingerprint density at radius 1 is 0.944 bits per heavy atom. The molecule has 1 rings (SSSR count). The van der Waals surface area contributed by atoms with Crippen molar-refractivity contribution >= 4 is 0 Å². The van der Waals surface area contributed by atoms with Gasteiger partial charge in [0.15, 0.2) is 11.5 Å². The highest BCUT2D eigenvalue weighted by Gasteiger charge is 2.20. The minimum absolute atomic E-state index is 0.0207. The molecule has 0 aromatic heterocycles. The summed E-state index contributed by atoms with van der Waals surface area (Å²) in [6, 6.07) is 3.80. The van der Waals surface area contributed by atoms with Crippen LogP contribution in [-0.4, -0.2) is 27.9 Å². The third-order valence-electron chi connectivity index (χ3n) is 3.01. The summed E-state index contributed by atoms with van der Waals surface area (Å²) < 4.78 is 16.0. The van der Waals surface area contributed by atoms with E-state index in [4.69, 9.17) is 19.9 Å². The van der Waals surface area contributed by atoms with E-state index in [0.717, 1.165) is 17.7 Å². The fraction of sp³-hybridized carbons (Fsp3) is 0.571. The molecule has 2 N–H and O–H groups in total. The standard InChI is InChI=1S/C14H23NO3/c1-14(2,9-15)8-10-6-12(17-4)13(18-5)7-11(10)16-3/h6-7H,8-9,15H2,1-5H3. The number of benzene rings is 1. The predicted molar refractivity (Wildman–Crippen MR) is 72.6 cm³/mol. The average Bonchev–Trinajstić information content (AvgIpc) is 2.37. The van der Waals surface area contributed by atoms with E-state index in [-0.39, 0.29) is 5.41 Å². The predicted octanol–water partition coefficient (Wildman–Crippen LogP) is 2.24. The molecule has 4 nitrogen and oxygen atoms in total. The van der Waals surface area contributed by atoms with Gasteiger partial charge in [-0.15, -0.1) is 0 Å². The van der Waals surface area contributed by atoms with Crippen molar-refractivity contribution in [3.63, 3.8) is 0 Å². The number of rotatable bonds is 6. The van der Waals surface area contributed by atoms with Crippen molar-refractivity contribution in [3.05, 3.63) is 17.7 Å². The highest BCUT2D eigenvalue weighted by Crippen LogP contribution is 2.37. The zero-order chi connectivity index (χ0) is 13.8. The lowest BCUT2D eigenvalue weighted by atomic mass is 9.85. The third kappa shape index (κ3) is 3.29. The second-order valence-electron chi connectivity index (χ2n) is 5.06. The summed E-state index contributed by atoms with van der Waals surface area (Å²) in [5.41, 5.74) is 6.87. The molecule has 0 atom stereocenters. The normalized spacial score (nSPS) is 11.2. The summed E-state index contributed by atoms with van der Waals surface area (Å²) in [7, 11) is 4.89. The van der Waals surface area contributed by atoms with E-state index in [1.807, 2.05) is 12.1 Å². The topological polar surface area (TPSA) is 53.7 Å². The van der Waals surface area contributed by atoms with Crippen molar-refractivity contribution in [2.45, 2.75) is 20.3 Å². The summed E-state index contributed by atoms with van der Waals surface area (Å²) in [5, 5.41) is 0. The number of methoxy groups -OCH3 is 3. The van der Waals surface area contributed by atoms with Crippen LogP contribution in [0.25, 0.3) is 0 Å². The molecule has 0 spiro atoms. The lowest BCUT2D eigenvalue weighted by Gasteiger charge is -2.24. The molecule has 0 fully saturated rings. The number of hydrogen-bond donors (Lipinski definition) is 1. The molecule has 0 aliphatic rings. The molecule has 0 saturated heterocycles. The molecule has 1 aromatic rings. The van der Waals surface area contributed by atoms with Gasteiger partial charge < -0.3 is 19.9 Å². The molecule has 0 aliphatic heterocycles. The maximum atomic E-state index is 5.78. The monoisotopic (exact) mass is 253 g/mol. The molecule has 0 bridgehead atoms. The lowest BCUT2D eigenvalue weighted by Crippen LogP contribution is -2.26. The fourth-order valence-corrected chi connectivity index (χ4v) is 1.82. The Kier molecular flexibility index (Phi) is 4.84. The highest BCUT2D eigenvalue weighted by atomic mass is 16.5. The van der Waals surface area contributed by atoms with Crippen LogP contribution in [0.4, 0.5) is 0 Å². The lowest BCUT2D eigenvalue weighted by molar-refractivity contribution is 0.337. The van der Waals surface area contributed by atoms with Crippen LogP contribution in [0.5, 0.6) is 17.2 Å². The van der Waals surface area contributed by atoms with Gasteiger partial charge in [-0.05, 0) is 30.0 Å². The van der Waals surface area contributed by atoms with Crippen LogP contribution in [-0.2, 0) is 6.42 Å². The van der Waals surface area contributed by atoms with Crippen LogP contribution in [0.15, 0.2) is 12.1 Å². The Balaban J connectivity index is 3.17. The Morgan fingerprint density at radius 2 is 1.44 bits per heavy atom. The Hall–Kier alpha value is -1.42. The van der Waals surface area contributed by atoms with Gasteiger partial charge in [0.2, 0.25) is 0 Å². The Bertz CT molecular complexity index is 402. The fourth-order valence-electron chi connectivity index (χ4n) is 1.82. The van der Waals surface area contributed by atoms with Gasteiger partial charge in [0.1, 0.15) is 5.75 Å². The van der Waals surface area contributed by atoms with Crippen molar-refractivity contribution in [2.24, 2.45) is 11.1 Å². The van der Waals surface area contributed by atoms with Crippen molar-refractivity contribution in [2.75, 3.05) is 27.9 Å². The Labute approximate surface area is 109 Å². The van der Waals surface area contributed by atoms with Gasteiger partial charge in [0.05, 0.1) is 21.3 Å². The van der Waals surface area contributed by atoms with Crippen LogP contribution < -0.4 is 19.9 Å². The van der Waals surface area contributed by atoms with Crippen LogP contribution in [0.2, 0.25) is 0 Å². The van der Waals surface area contributed by atoms with Gasteiger partial charge in [-0.1, -0.05) is 13.8 Å². The molecule has 0 amide bonds. The van der Waals surface area contributed by atoms with Crippen LogP contribution in [0.1, 0.15) is 19.4 Å². The summed E-state index contributed by atoms with van der Waals surface area (Å²) in [5.74, 6) is 2.18. The molecule has 0 radical (unpaired) electrons. The van der Waals surface area contributed by atoms with Gasteiger partial charge in [-0.2, -0.15) is 0 Å². The van der Waals surface area contributed by atoms with Crippen molar-refractivity contribution < 1.29 is 14.2 Å². The molecule has 0 heterocycles. The van der Waals surface area contributed by atoms with Crippen molar-refractivity contribution in [3.8, 4) is 17.2 Å². The maximum Gasteiger partial charge on any atom is 0.164 e. The van der Waals surface area contributed by atoms with E-state index >= 15 is 0 Å². The third-order valence-corrected chi connectivity index (χ3v) is 3.01. The summed E-state index contributed by atoms with van der Waals surface area (Å²) in [6.07, 6.45) is 0.826. The van der Waals surface area contributed by atoms with E-state index in [1.54, 1.807) is 21.3 Å². The molecule has 4 heteroatoms. The maximum absolute atomic E-state index is 5.78. The van der Waals surface area contributed by atoms with Crippen LogP contribution in [0.3, 0.4) is 0 Å². The molecule has 0 aliphatic carbocycles. The van der Waals surface area contributed by atoms with E-state index < -0.39 is 0 Å². The van der Waals surface area contributed by atoms with Gasteiger partial charge in [-0.25, -0.2) is 0 Å². The van der Waals surface area contributed by atoms with E-state index in [9.17, 15) is 0 Å². The van der Waals surface area contributed by atoms with Crippen molar-refractivity contribution in [1.82, 2.24) is 0 Å². The first-order valence-corrected chi connectivity index (χ1v) is 5.96.